The monoisotopic (exact) mass is 207 g/mol. The highest BCUT2D eigenvalue weighted by Gasteiger charge is 2.09. The van der Waals surface area contributed by atoms with Gasteiger partial charge in [-0.05, 0) is 13.3 Å². The Balaban J connectivity index is 3.64. The lowest BCUT2D eigenvalue weighted by atomic mass is 10.4. The van der Waals surface area contributed by atoms with Gasteiger partial charge in [-0.2, -0.15) is 0 Å². The molecule has 0 radical (unpaired) electrons. The van der Waals surface area contributed by atoms with Crippen LogP contribution in [0.25, 0.3) is 0 Å². The number of hydrogen-bond acceptors (Lipinski definition) is 2. The van der Waals surface area contributed by atoms with Crippen LogP contribution >= 0.6 is 11.6 Å². The summed E-state index contributed by atoms with van der Waals surface area (Å²) < 4.78 is 5.14. The van der Waals surface area contributed by atoms with E-state index in [0.717, 1.165) is 6.42 Å². The number of carbonyl (C=O) groups is 1. The molecule has 0 fully saturated rings. The molecule has 0 N–H and O–H groups in total. The number of carbonyl (C=O) groups excluding carboxylic acids is 1. The lowest BCUT2D eigenvalue weighted by molar-refractivity contribution is -0.135. The van der Waals surface area contributed by atoms with Gasteiger partial charge < -0.3 is 9.64 Å². The predicted octanol–water partition coefficient (Wildman–Crippen LogP) is 1.50. The van der Waals surface area contributed by atoms with Gasteiger partial charge in [0.05, 0.1) is 0 Å². The number of halogens is 1. The quantitative estimate of drug-likeness (QED) is 0.468. The Hall–Kier alpha value is -0.280. The normalized spacial score (nSPS) is 10.1. The molecule has 0 saturated heterocycles. The summed E-state index contributed by atoms with van der Waals surface area (Å²) in [7, 11) is 0. The second kappa shape index (κ2) is 8.32. The Morgan fingerprint density at radius 1 is 1.46 bits per heavy atom. The maximum Gasteiger partial charge on any atom is 0.248 e. The summed E-state index contributed by atoms with van der Waals surface area (Å²) in [4.78, 5) is 13.1. The van der Waals surface area contributed by atoms with Gasteiger partial charge in [-0.15, -0.1) is 11.6 Å². The Bertz CT molecular complexity index is 142. The molecule has 0 saturated carbocycles. The van der Waals surface area contributed by atoms with Gasteiger partial charge in [0.2, 0.25) is 5.91 Å². The summed E-state index contributed by atoms with van der Waals surface area (Å²) in [5.74, 6) is 0.504. The van der Waals surface area contributed by atoms with E-state index >= 15 is 0 Å². The van der Waals surface area contributed by atoms with E-state index in [0.29, 0.717) is 25.6 Å². The molecule has 0 rings (SSSR count). The number of ether oxygens (including phenoxy) is 1. The van der Waals surface area contributed by atoms with Crippen LogP contribution < -0.4 is 0 Å². The van der Waals surface area contributed by atoms with E-state index < -0.39 is 0 Å². The van der Waals surface area contributed by atoms with Crippen LogP contribution in [-0.2, 0) is 9.53 Å². The van der Waals surface area contributed by atoms with Crippen molar-refractivity contribution in [3.63, 3.8) is 0 Å². The van der Waals surface area contributed by atoms with Crippen LogP contribution in [0.3, 0.4) is 0 Å². The zero-order valence-corrected chi connectivity index (χ0v) is 9.14. The first-order valence-corrected chi connectivity index (χ1v) is 5.21. The topological polar surface area (TPSA) is 29.5 Å². The van der Waals surface area contributed by atoms with Crippen LogP contribution in [0.1, 0.15) is 20.3 Å². The van der Waals surface area contributed by atoms with Gasteiger partial charge in [0.25, 0.3) is 0 Å². The van der Waals surface area contributed by atoms with Gasteiger partial charge in [-0.3, -0.25) is 4.79 Å². The third-order valence-electron chi connectivity index (χ3n) is 1.66. The summed E-state index contributed by atoms with van der Waals surface area (Å²) in [6.45, 7) is 6.07. The first-order valence-electron chi connectivity index (χ1n) is 4.67. The van der Waals surface area contributed by atoms with Gasteiger partial charge in [0.15, 0.2) is 0 Å². The fourth-order valence-electron chi connectivity index (χ4n) is 0.956. The van der Waals surface area contributed by atoms with E-state index in [1.54, 1.807) is 4.90 Å². The minimum absolute atomic E-state index is 0.0246. The van der Waals surface area contributed by atoms with Crippen LogP contribution in [0.5, 0.6) is 0 Å². The average molecular weight is 208 g/mol. The van der Waals surface area contributed by atoms with Crippen molar-refractivity contribution in [2.45, 2.75) is 20.3 Å². The highest BCUT2D eigenvalue weighted by atomic mass is 35.5. The number of alkyl halides is 1. The van der Waals surface area contributed by atoms with E-state index in [-0.39, 0.29) is 12.5 Å². The molecule has 0 unspecified atom stereocenters. The summed E-state index contributed by atoms with van der Waals surface area (Å²) >= 11 is 5.55. The smallest absolute Gasteiger partial charge is 0.248 e. The van der Waals surface area contributed by atoms with Gasteiger partial charge in [0, 0.05) is 25.6 Å². The number of hydrogen-bond donors (Lipinski definition) is 0. The number of likely N-dealkylation sites (N-methyl/N-ethyl adjacent to an activating group) is 1. The van der Waals surface area contributed by atoms with Crippen molar-refractivity contribution in [1.29, 1.82) is 0 Å². The maximum atomic E-state index is 11.4. The lowest BCUT2D eigenvalue weighted by Crippen LogP contribution is -2.35. The van der Waals surface area contributed by atoms with Crippen molar-refractivity contribution in [2.24, 2.45) is 0 Å². The second-order valence-electron chi connectivity index (χ2n) is 2.71. The number of amides is 1. The predicted molar refractivity (Wildman–Crippen MR) is 54.1 cm³/mol. The zero-order chi connectivity index (χ0) is 10.1. The molecule has 13 heavy (non-hydrogen) atoms. The molecular formula is C9H18ClNO2. The lowest BCUT2D eigenvalue weighted by Gasteiger charge is -2.19. The highest BCUT2D eigenvalue weighted by molar-refractivity contribution is 6.18. The minimum atomic E-state index is 0.0246. The number of rotatable bonds is 7. The van der Waals surface area contributed by atoms with Crippen LogP contribution in [-0.4, -0.2) is 43.0 Å². The summed E-state index contributed by atoms with van der Waals surface area (Å²) in [5.41, 5.74) is 0. The highest BCUT2D eigenvalue weighted by Crippen LogP contribution is 1.92. The van der Waals surface area contributed by atoms with Gasteiger partial charge in [-0.1, -0.05) is 6.92 Å². The van der Waals surface area contributed by atoms with Crippen LogP contribution in [0.2, 0.25) is 0 Å². The summed E-state index contributed by atoms with van der Waals surface area (Å²) in [6.07, 6.45) is 0.939. The molecule has 0 aromatic rings. The van der Waals surface area contributed by atoms with Crippen LogP contribution in [0.4, 0.5) is 0 Å². The van der Waals surface area contributed by atoms with E-state index in [4.69, 9.17) is 16.3 Å². The molecular weight excluding hydrogens is 190 g/mol. The summed E-state index contributed by atoms with van der Waals surface area (Å²) in [5, 5.41) is 0. The van der Waals surface area contributed by atoms with Crippen LogP contribution in [0, 0.1) is 0 Å². The van der Waals surface area contributed by atoms with Crippen molar-refractivity contribution < 1.29 is 9.53 Å². The molecule has 0 heterocycles. The molecule has 78 valence electrons. The molecule has 0 aliphatic carbocycles. The first kappa shape index (κ1) is 12.7. The van der Waals surface area contributed by atoms with E-state index in [9.17, 15) is 4.79 Å². The van der Waals surface area contributed by atoms with E-state index in [1.165, 1.54) is 0 Å². The third-order valence-corrected chi connectivity index (χ3v) is 1.83. The summed E-state index contributed by atoms with van der Waals surface area (Å²) in [6, 6.07) is 0. The number of nitrogens with zero attached hydrogens (tertiary/aromatic N) is 1. The molecule has 0 aromatic heterocycles. The molecule has 0 atom stereocenters. The Morgan fingerprint density at radius 3 is 2.62 bits per heavy atom. The Kier molecular flexibility index (Phi) is 8.14. The van der Waals surface area contributed by atoms with Gasteiger partial charge in [-0.25, -0.2) is 0 Å². The fraction of sp³-hybridized carbons (Fsp3) is 0.889. The van der Waals surface area contributed by atoms with Gasteiger partial charge in [0.1, 0.15) is 6.61 Å². The molecule has 0 aromatic carbocycles. The molecule has 0 spiro atoms. The van der Waals surface area contributed by atoms with E-state index in [1.807, 2.05) is 13.8 Å². The third kappa shape index (κ3) is 5.88. The second-order valence-corrected chi connectivity index (χ2v) is 3.09. The van der Waals surface area contributed by atoms with Crippen molar-refractivity contribution >= 4 is 17.5 Å². The zero-order valence-electron chi connectivity index (χ0n) is 8.38. The molecule has 3 nitrogen and oxygen atoms in total. The SMILES string of the molecule is CCCOCC(=O)N(CC)CCCl. The minimum Gasteiger partial charge on any atom is -0.372 e. The Morgan fingerprint density at radius 2 is 2.15 bits per heavy atom. The van der Waals surface area contributed by atoms with Crippen molar-refractivity contribution in [1.82, 2.24) is 4.90 Å². The van der Waals surface area contributed by atoms with Crippen molar-refractivity contribution in [2.75, 3.05) is 32.2 Å². The largest absolute Gasteiger partial charge is 0.372 e. The van der Waals surface area contributed by atoms with E-state index in [2.05, 4.69) is 0 Å². The average Bonchev–Trinajstić information content (AvgIpc) is 2.14. The maximum absolute atomic E-state index is 11.4. The fourth-order valence-corrected chi connectivity index (χ4v) is 1.16. The van der Waals surface area contributed by atoms with Crippen molar-refractivity contribution in [3.05, 3.63) is 0 Å². The molecule has 0 aliphatic heterocycles. The molecule has 0 aliphatic rings. The standard InChI is InChI=1S/C9H18ClNO2/c1-3-7-13-8-9(12)11(4-2)6-5-10/h3-8H2,1-2H3. The molecule has 4 heteroatoms. The Labute approximate surface area is 85.0 Å². The molecule has 1 amide bonds. The van der Waals surface area contributed by atoms with Crippen LogP contribution in [0.15, 0.2) is 0 Å². The van der Waals surface area contributed by atoms with Crippen molar-refractivity contribution in [3.8, 4) is 0 Å². The molecule has 0 bridgehead atoms. The first-order chi connectivity index (χ1) is 6.26. The van der Waals surface area contributed by atoms with Gasteiger partial charge >= 0.3 is 0 Å².